The van der Waals surface area contributed by atoms with Gasteiger partial charge in [-0.15, -0.1) is 0 Å². The van der Waals surface area contributed by atoms with Crippen molar-refractivity contribution in [2.24, 2.45) is 0 Å². The third kappa shape index (κ3) is 3.63. The number of nitrogens with zero attached hydrogens (tertiary/aromatic N) is 1. The second kappa shape index (κ2) is 7.26. The van der Waals surface area contributed by atoms with Gasteiger partial charge < -0.3 is 15.0 Å². The van der Waals surface area contributed by atoms with Crippen LogP contribution in [0.4, 0.5) is 0 Å². The lowest BCUT2D eigenvalue weighted by Crippen LogP contribution is -2.34. The van der Waals surface area contributed by atoms with Crippen LogP contribution in [0.25, 0.3) is 0 Å². The lowest BCUT2D eigenvalue weighted by atomic mass is 10.1. The molecule has 1 aromatic carbocycles. The molecule has 0 aromatic heterocycles. The van der Waals surface area contributed by atoms with E-state index in [1.165, 1.54) is 0 Å². The zero-order chi connectivity index (χ0) is 14.5. The molecule has 0 atom stereocenters. The first-order valence-corrected chi connectivity index (χ1v) is 8.19. The van der Waals surface area contributed by atoms with Crippen molar-refractivity contribution in [2.75, 3.05) is 32.8 Å². The molecule has 0 saturated carbocycles. The monoisotopic (exact) mass is 388 g/mol. The topological polar surface area (TPSA) is 41.6 Å². The number of hydrogen-bond acceptors (Lipinski definition) is 3. The van der Waals surface area contributed by atoms with Crippen LogP contribution in [-0.2, 0) is 6.42 Å². The molecule has 0 aliphatic carbocycles. The number of benzene rings is 1. The minimum absolute atomic E-state index is 0.0335. The molecule has 1 amide bonds. The second-order valence-electron chi connectivity index (χ2n) is 4.82. The summed E-state index contributed by atoms with van der Waals surface area (Å²) in [4.78, 5) is 14.6. The molecule has 0 unspecified atom stereocenters. The lowest BCUT2D eigenvalue weighted by Gasteiger charge is -2.18. The van der Waals surface area contributed by atoms with Gasteiger partial charge in [-0.3, -0.25) is 4.79 Å². The molecule has 0 radical (unpaired) electrons. The van der Waals surface area contributed by atoms with Crippen LogP contribution in [0.3, 0.4) is 0 Å². The Morgan fingerprint density at radius 1 is 1.40 bits per heavy atom. The number of hydrogen-bond donors (Lipinski definition) is 1. The maximum atomic E-state index is 12.3. The summed E-state index contributed by atoms with van der Waals surface area (Å²) in [5, 5.41) is 2.99. The molecule has 2 rings (SSSR count). The van der Waals surface area contributed by atoms with Crippen molar-refractivity contribution in [1.29, 1.82) is 0 Å². The average molecular weight is 388 g/mol. The Morgan fingerprint density at radius 3 is 2.85 bits per heavy atom. The van der Waals surface area contributed by atoms with Gasteiger partial charge in [0, 0.05) is 23.1 Å². The summed E-state index contributed by atoms with van der Waals surface area (Å²) in [6.45, 7) is 8.50. The summed E-state index contributed by atoms with van der Waals surface area (Å²) >= 11 is 2.25. The predicted octanol–water partition coefficient (Wildman–Crippen LogP) is 2.30. The fraction of sp³-hybridized carbons (Fsp3) is 0.533. The molecule has 1 aliphatic heterocycles. The number of fused-ring (bicyclic) bond motifs is 1. The van der Waals surface area contributed by atoms with Crippen molar-refractivity contribution in [2.45, 2.75) is 20.3 Å². The van der Waals surface area contributed by atoms with Crippen molar-refractivity contribution in [3.05, 3.63) is 26.8 Å². The summed E-state index contributed by atoms with van der Waals surface area (Å²) < 4.78 is 6.68. The van der Waals surface area contributed by atoms with Crippen LogP contribution in [0.1, 0.15) is 29.8 Å². The van der Waals surface area contributed by atoms with Crippen LogP contribution >= 0.6 is 22.6 Å². The van der Waals surface area contributed by atoms with Gasteiger partial charge in [0.15, 0.2) is 0 Å². The van der Waals surface area contributed by atoms with Gasteiger partial charge in [0.2, 0.25) is 0 Å². The number of halogens is 1. The van der Waals surface area contributed by atoms with Crippen molar-refractivity contribution in [1.82, 2.24) is 10.2 Å². The van der Waals surface area contributed by atoms with E-state index < -0.39 is 0 Å². The molecule has 20 heavy (non-hydrogen) atoms. The van der Waals surface area contributed by atoms with E-state index in [4.69, 9.17) is 4.74 Å². The average Bonchev–Trinajstić information content (AvgIpc) is 2.90. The number of amides is 1. The Hall–Kier alpha value is -0.820. The van der Waals surface area contributed by atoms with Gasteiger partial charge in [0.25, 0.3) is 5.91 Å². The highest BCUT2D eigenvalue weighted by atomic mass is 127. The van der Waals surface area contributed by atoms with E-state index in [9.17, 15) is 4.79 Å². The molecule has 110 valence electrons. The van der Waals surface area contributed by atoms with Crippen LogP contribution < -0.4 is 10.1 Å². The Labute approximate surface area is 134 Å². The van der Waals surface area contributed by atoms with Crippen LogP contribution in [0, 0.1) is 3.57 Å². The van der Waals surface area contributed by atoms with Crippen molar-refractivity contribution < 1.29 is 9.53 Å². The predicted molar refractivity (Wildman–Crippen MR) is 88.5 cm³/mol. The normalized spacial score (nSPS) is 13.2. The minimum Gasteiger partial charge on any atom is -0.492 e. The minimum atomic E-state index is -0.0335. The van der Waals surface area contributed by atoms with E-state index in [0.717, 1.165) is 40.9 Å². The highest BCUT2D eigenvalue weighted by Gasteiger charge is 2.21. The summed E-state index contributed by atoms with van der Waals surface area (Å²) in [5.41, 5.74) is 1.81. The largest absolute Gasteiger partial charge is 0.492 e. The highest BCUT2D eigenvalue weighted by molar-refractivity contribution is 14.1. The SMILES string of the molecule is CCN(CC)CCNC(=O)c1cc(I)cc2c1OCC2. The number of ether oxygens (including phenoxy) is 1. The fourth-order valence-electron chi connectivity index (χ4n) is 2.40. The van der Waals surface area contributed by atoms with E-state index in [1.807, 2.05) is 6.07 Å². The maximum Gasteiger partial charge on any atom is 0.255 e. The van der Waals surface area contributed by atoms with E-state index in [2.05, 4.69) is 52.7 Å². The number of nitrogens with one attached hydrogen (secondary N) is 1. The Kier molecular flexibility index (Phi) is 5.65. The summed E-state index contributed by atoms with van der Waals surface area (Å²) in [5.74, 6) is 0.736. The van der Waals surface area contributed by atoms with Crippen molar-refractivity contribution in [3.63, 3.8) is 0 Å². The molecule has 0 saturated heterocycles. The first-order chi connectivity index (χ1) is 9.65. The van der Waals surface area contributed by atoms with E-state index in [-0.39, 0.29) is 5.91 Å². The van der Waals surface area contributed by atoms with Crippen molar-refractivity contribution in [3.8, 4) is 5.75 Å². The van der Waals surface area contributed by atoms with Gasteiger partial charge in [-0.05, 0) is 53.4 Å². The molecular weight excluding hydrogens is 367 g/mol. The van der Waals surface area contributed by atoms with Gasteiger partial charge in [0.05, 0.1) is 12.2 Å². The summed E-state index contributed by atoms with van der Waals surface area (Å²) in [6, 6.07) is 3.99. The van der Waals surface area contributed by atoms with E-state index in [1.54, 1.807) is 0 Å². The Morgan fingerprint density at radius 2 is 2.15 bits per heavy atom. The van der Waals surface area contributed by atoms with E-state index >= 15 is 0 Å². The van der Waals surface area contributed by atoms with E-state index in [0.29, 0.717) is 18.7 Å². The molecule has 1 heterocycles. The first kappa shape index (κ1) is 15.6. The smallest absolute Gasteiger partial charge is 0.255 e. The van der Waals surface area contributed by atoms with Gasteiger partial charge in [-0.1, -0.05) is 13.8 Å². The van der Waals surface area contributed by atoms with Crippen LogP contribution in [0.5, 0.6) is 5.75 Å². The van der Waals surface area contributed by atoms with Crippen LogP contribution in [0.2, 0.25) is 0 Å². The molecular formula is C15H21IN2O2. The third-order valence-corrected chi connectivity index (χ3v) is 4.22. The zero-order valence-electron chi connectivity index (χ0n) is 12.0. The number of carbonyl (C=O) groups is 1. The standard InChI is InChI=1S/C15H21IN2O2/c1-3-18(4-2)7-6-17-15(19)13-10-12(16)9-11-5-8-20-14(11)13/h9-10H,3-8H2,1-2H3,(H,17,19). The molecule has 1 aromatic rings. The molecule has 0 bridgehead atoms. The number of carbonyl (C=O) groups excluding carboxylic acids is 1. The van der Waals surface area contributed by atoms with Gasteiger partial charge in [-0.2, -0.15) is 0 Å². The Bertz CT molecular complexity index is 487. The van der Waals surface area contributed by atoms with Crippen molar-refractivity contribution >= 4 is 28.5 Å². The van der Waals surface area contributed by atoms with Crippen LogP contribution in [-0.4, -0.2) is 43.6 Å². The Balaban J connectivity index is 2.00. The highest BCUT2D eigenvalue weighted by Crippen LogP contribution is 2.31. The van der Waals surface area contributed by atoms with Gasteiger partial charge >= 0.3 is 0 Å². The van der Waals surface area contributed by atoms with Gasteiger partial charge in [-0.25, -0.2) is 0 Å². The van der Waals surface area contributed by atoms with Gasteiger partial charge in [0.1, 0.15) is 5.75 Å². The second-order valence-corrected chi connectivity index (χ2v) is 6.07. The molecule has 5 heteroatoms. The summed E-state index contributed by atoms with van der Waals surface area (Å²) in [7, 11) is 0. The first-order valence-electron chi connectivity index (χ1n) is 7.11. The number of likely N-dealkylation sites (N-methyl/N-ethyl adjacent to an activating group) is 1. The molecule has 4 nitrogen and oxygen atoms in total. The van der Waals surface area contributed by atoms with Crippen LogP contribution in [0.15, 0.2) is 12.1 Å². The number of rotatable bonds is 6. The molecule has 0 fully saturated rings. The molecule has 1 N–H and O–H groups in total. The molecule has 0 spiro atoms. The zero-order valence-corrected chi connectivity index (χ0v) is 14.2. The third-order valence-electron chi connectivity index (χ3n) is 3.60. The quantitative estimate of drug-likeness (QED) is 0.761. The lowest BCUT2D eigenvalue weighted by molar-refractivity contribution is 0.0945. The maximum absolute atomic E-state index is 12.3. The fourth-order valence-corrected chi connectivity index (χ4v) is 3.09. The summed E-state index contributed by atoms with van der Waals surface area (Å²) in [6.07, 6.45) is 0.895. The molecule has 1 aliphatic rings.